The molecule has 122 valence electrons. The molecule has 0 aliphatic heterocycles. The molecular weight excluding hydrogens is 284 g/mol. The van der Waals surface area contributed by atoms with Crippen LogP contribution in [0.3, 0.4) is 0 Å². The number of rotatable bonds is 6. The number of aliphatic hydroxyl groups is 1. The Bertz CT molecular complexity index is 654. The van der Waals surface area contributed by atoms with Crippen molar-refractivity contribution >= 4 is 0 Å². The lowest BCUT2D eigenvalue weighted by molar-refractivity contribution is -0.0542. The average Bonchev–Trinajstić information content (AvgIpc) is 2.50. The van der Waals surface area contributed by atoms with E-state index in [2.05, 4.69) is 27.0 Å². The van der Waals surface area contributed by atoms with Gasteiger partial charge in [0, 0.05) is 16.4 Å². The quantitative estimate of drug-likeness (QED) is 0.750. The molecule has 2 rings (SSSR count). The van der Waals surface area contributed by atoms with Gasteiger partial charge in [0.15, 0.2) is 0 Å². The molecule has 1 aromatic rings. The van der Waals surface area contributed by atoms with Gasteiger partial charge in [-0.05, 0) is 18.9 Å². The lowest BCUT2D eigenvalue weighted by Gasteiger charge is -2.54. The van der Waals surface area contributed by atoms with E-state index in [1.807, 2.05) is 48.6 Å². The van der Waals surface area contributed by atoms with Crippen molar-refractivity contribution < 1.29 is 10.2 Å². The van der Waals surface area contributed by atoms with Crippen LogP contribution in [-0.4, -0.2) is 15.8 Å². The fourth-order valence-corrected chi connectivity index (χ4v) is 3.92. The first-order valence-electron chi connectivity index (χ1n) is 7.94. The number of hydrogen-bond acceptors (Lipinski definition) is 2. The molecule has 2 unspecified atom stereocenters. The number of aromatic hydroxyl groups is 1. The lowest BCUT2D eigenvalue weighted by Crippen LogP contribution is -2.56. The summed E-state index contributed by atoms with van der Waals surface area (Å²) in [6.45, 7) is 11.8. The Morgan fingerprint density at radius 1 is 1.04 bits per heavy atom. The summed E-state index contributed by atoms with van der Waals surface area (Å²) in [5, 5.41) is 21.9. The first kappa shape index (κ1) is 17.3. The van der Waals surface area contributed by atoms with Crippen LogP contribution in [0.2, 0.25) is 0 Å². The minimum Gasteiger partial charge on any atom is -0.508 e. The molecule has 1 aromatic carbocycles. The van der Waals surface area contributed by atoms with Gasteiger partial charge in [-0.15, -0.1) is 13.2 Å². The second-order valence-corrected chi connectivity index (χ2v) is 6.74. The third kappa shape index (κ3) is 2.57. The SMILES string of the molecule is C=CCC1(O)C=CC=CC1(CC=C)C(C)(C)c1ccccc1O. The number of allylic oxidation sites excluding steroid dienone is 3. The fraction of sp³-hybridized carbons (Fsp3) is 0.333. The van der Waals surface area contributed by atoms with Gasteiger partial charge < -0.3 is 10.2 Å². The highest BCUT2D eigenvalue weighted by Gasteiger charge is 2.56. The molecule has 0 bridgehead atoms. The topological polar surface area (TPSA) is 40.5 Å². The van der Waals surface area contributed by atoms with E-state index in [0.717, 1.165) is 5.56 Å². The zero-order valence-corrected chi connectivity index (χ0v) is 14.0. The van der Waals surface area contributed by atoms with Crippen molar-refractivity contribution in [3.05, 3.63) is 79.4 Å². The van der Waals surface area contributed by atoms with Gasteiger partial charge in [0.2, 0.25) is 0 Å². The standard InChI is InChI=1S/C21H26O2/c1-5-13-20(15-9-10-16-21(20,23)14-6-2)19(3,4)17-11-7-8-12-18(17)22/h5-12,15-16,22-23H,1-2,13-14H2,3-4H3. The van der Waals surface area contributed by atoms with Crippen LogP contribution < -0.4 is 0 Å². The van der Waals surface area contributed by atoms with E-state index in [4.69, 9.17) is 0 Å². The Hall–Kier alpha value is -2.06. The van der Waals surface area contributed by atoms with Crippen LogP contribution in [0.1, 0.15) is 32.3 Å². The molecule has 2 N–H and O–H groups in total. The first-order chi connectivity index (χ1) is 10.8. The van der Waals surface area contributed by atoms with E-state index in [1.54, 1.807) is 12.1 Å². The molecule has 2 atom stereocenters. The highest BCUT2D eigenvalue weighted by molar-refractivity contribution is 5.45. The van der Waals surface area contributed by atoms with Gasteiger partial charge in [-0.3, -0.25) is 0 Å². The van der Waals surface area contributed by atoms with Crippen LogP contribution in [0, 0.1) is 5.41 Å². The van der Waals surface area contributed by atoms with Crippen LogP contribution in [0.4, 0.5) is 0 Å². The van der Waals surface area contributed by atoms with Gasteiger partial charge in [0.25, 0.3) is 0 Å². The van der Waals surface area contributed by atoms with E-state index in [1.165, 1.54) is 0 Å². The van der Waals surface area contributed by atoms with E-state index in [-0.39, 0.29) is 5.75 Å². The van der Waals surface area contributed by atoms with Crippen LogP contribution in [-0.2, 0) is 5.41 Å². The van der Waals surface area contributed by atoms with Crippen molar-refractivity contribution in [2.45, 2.75) is 37.7 Å². The molecule has 1 aliphatic rings. The number of phenolic OH excluding ortho intramolecular Hbond substituents is 1. The van der Waals surface area contributed by atoms with E-state index < -0.39 is 16.4 Å². The third-order valence-electron chi connectivity index (χ3n) is 5.25. The summed E-state index contributed by atoms with van der Waals surface area (Å²) in [5.41, 5.74) is -1.44. The van der Waals surface area contributed by atoms with E-state index in [0.29, 0.717) is 12.8 Å². The van der Waals surface area contributed by atoms with Crippen LogP contribution in [0.25, 0.3) is 0 Å². The summed E-state index contributed by atoms with van der Waals surface area (Å²) in [6, 6.07) is 7.32. The van der Waals surface area contributed by atoms with Crippen molar-refractivity contribution in [2.75, 3.05) is 0 Å². The number of benzene rings is 1. The van der Waals surface area contributed by atoms with Crippen molar-refractivity contribution in [2.24, 2.45) is 5.41 Å². The van der Waals surface area contributed by atoms with Gasteiger partial charge in [0.05, 0.1) is 5.60 Å². The molecule has 0 aromatic heterocycles. The summed E-state index contributed by atoms with van der Waals surface area (Å²) in [6.07, 6.45) is 12.3. The maximum atomic E-state index is 11.5. The molecule has 0 saturated heterocycles. The van der Waals surface area contributed by atoms with Crippen molar-refractivity contribution in [1.29, 1.82) is 0 Å². The van der Waals surface area contributed by atoms with Gasteiger partial charge in [-0.25, -0.2) is 0 Å². The summed E-state index contributed by atoms with van der Waals surface area (Å²) < 4.78 is 0. The predicted octanol–water partition coefficient (Wildman–Crippen LogP) is 4.67. The Morgan fingerprint density at radius 2 is 1.65 bits per heavy atom. The van der Waals surface area contributed by atoms with Gasteiger partial charge >= 0.3 is 0 Å². The van der Waals surface area contributed by atoms with Crippen molar-refractivity contribution in [1.82, 2.24) is 0 Å². The summed E-state index contributed by atoms with van der Waals surface area (Å²) in [7, 11) is 0. The van der Waals surface area contributed by atoms with Crippen LogP contribution in [0.5, 0.6) is 5.75 Å². The number of hydrogen-bond donors (Lipinski definition) is 2. The minimum absolute atomic E-state index is 0.241. The molecule has 1 aliphatic carbocycles. The number of para-hydroxylation sites is 1. The molecular formula is C21H26O2. The Morgan fingerprint density at radius 3 is 2.26 bits per heavy atom. The summed E-state index contributed by atoms with van der Waals surface area (Å²) >= 11 is 0. The zero-order valence-electron chi connectivity index (χ0n) is 14.0. The molecule has 23 heavy (non-hydrogen) atoms. The molecule has 2 nitrogen and oxygen atoms in total. The predicted molar refractivity (Wildman–Crippen MR) is 96.4 cm³/mol. The van der Waals surface area contributed by atoms with Gasteiger partial charge in [-0.1, -0.05) is 68.5 Å². The third-order valence-corrected chi connectivity index (χ3v) is 5.25. The monoisotopic (exact) mass is 310 g/mol. The molecule has 0 fully saturated rings. The average molecular weight is 310 g/mol. The molecule has 0 amide bonds. The maximum absolute atomic E-state index is 11.5. The Labute approximate surface area is 139 Å². The largest absolute Gasteiger partial charge is 0.508 e. The second-order valence-electron chi connectivity index (χ2n) is 6.74. The highest BCUT2D eigenvalue weighted by atomic mass is 16.3. The normalized spacial score (nSPS) is 26.9. The van der Waals surface area contributed by atoms with Crippen molar-refractivity contribution in [3.8, 4) is 5.75 Å². The van der Waals surface area contributed by atoms with Gasteiger partial charge in [-0.2, -0.15) is 0 Å². The smallest absolute Gasteiger partial charge is 0.119 e. The van der Waals surface area contributed by atoms with E-state index >= 15 is 0 Å². The highest BCUT2D eigenvalue weighted by Crippen LogP contribution is 2.57. The lowest BCUT2D eigenvalue weighted by atomic mass is 9.51. The number of phenols is 1. The minimum atomic E-state index is -1.09. The van der Waals surface area contributed by atoms with Gasteiger partial charge in [0.1, 0.15) is 5.75 Å². The van der Waals surface area contributed by atoms with Crippen LogP contribution in [0.15, 0.2) is 73.9 Å². The van der Waals surface area contributed by atoms with E-state index in [9.17, 15) is 10.2 Å². The fourth-order valence-electron chi connectivity index (χ4n) is 3.92. The summed E-state index contributed by atoms with van der Waals surface area (Å²) in [4.78, 5) is 0. The van der Waals surface area contributed by atoms with Crippen molar-refractivity contribution in [3.63, 3.8) is 0 Å². The summed E-state index contributed by atoms with van der Waals surface area (Å²) in [5.74, 6) is 0.241. The molecule has 0 heterocycles. The Kier molecular flexibility index (Phi) is 4.67. The molecule has 2 heteroatoms. The second kappa shape index (κ2) is 6.21. The molecule has 0 spiro atoms. The van der Waals surface area contributed by atoms with Crippen LogP contribution >= 0.6 is 0 Å². The zero-order chi connectivity index (χ0) is 17.1. The molecule has 0 saturated carbocycles. The first-order valence-corrected chi connectivity index (χ1v) is 7.94. The molecule has 0 radical (unpaired) electrons. The maximum Gasteiger partial charge on any atom is 0.119 e. The Balaban J connectivity index is 2.71.